The summed E-state index contributed by atoms with van der Waals surface area (Å²) in [6, 6.07) is 2.03. The molecule has 1 unspecified atom stereocenters. The van der Waals surface area contributed by atoms with Crippen LogP contribution in [0.1, 0.15) is 30.0 Å². The van der Waals surface area contributed by atoms with Crippen LogP contribution in [0.5, 0.6) is 0 Å². The maximum absolute atomic E-state index is 10.4. The van der Waals surface area contributed by atoms with Gasteiger partial charge in [0.05, 0.1) is 29.7 Å². The molecule has 6 heteroatoms. The van der Waals surface area contributed by atoms with Crippen molar-refractivity contribution >= 4 is 5.52 Å². The molecule has 0 fully saturated rings. The number of hydrogen-bond donors (Lipinski definition) is 1. The highest BCUT2D eigenvalue weighted by Crippen LogP contribution is 2.22. The van der Waals surface area contributed by atoms with E-state index in [1.165, 1.54) is 0 Å². The summed E-state index contributed by atoms with van der Waals surface area (Å²) in [5, 5.41) is 19.1. The Balaban J connectivity index is 1.89. The lowest BCUT2D eigenvalue weighted by Crippen LogP contribution is -2.06. The van der Waals surface area contributed by atoms with Crippen LogP contribution < -0.4 is 0 Å². The molecule has 0 bridgehead atoms. The molecule has 6 nitrogen and oxygen atoms in total. The quantitative estimate of drug-likeness (QED) is 0.776. The highest BCUT2D eigenvalue weighted by atomic mass is 16.3. The van der Waals surface area contributed by atoms with E-state index in [1.54, 1.807) is 29.3 Å². The predicted octanol–water partition coefficient (Wildman–Crippen LogP) is 1.30. The Kier molecular flexibility index (Phi) is 3.23. The number of aliphatic hydroxyl groups is 1. The minimum absolute atomic E-state index is 0.514. The number of hydrogen-bond acceptors (Lipinski definition) is 4. The van der Waals surface area contributed by atoms with Gasteiger partial charge in [-0.3, -0.25) is 9.67 Å². The maximum Gasteiger partial charge on any atom is 0.0903 e. The average molecular weight is 271 g/mol. The van der Waals surface area contributed by atoms with Crippen molar-refractivity contribution in [3.05, 3.63) is 47.8 Å². The molecule has 0 spiro atoms. The number of rotatable bonds is 4. The van der Waals surface area contributed by atoms with E-state index in [9.17, 15) is 5.11 Å². The van der Waals surface area contributed by atoms with Crippen LogP contribution >= 0.6 is 0 Å². The predicted molar refractivity (Wildman–Crippen MR) is 74.2 cm³/mol. The van der Waals surface area contributed by atoms with E-state index in [2.05, 4.69) is 22.1 Å². The monoisotopic (exact) mass is 271 g/mol. The van der Waals surface area contributed by atoms with Crippen molar-refractivity contribution in [1.82, 2.24) is 24.4 Å². The fourth-order valence-corrected chi connectivity index (χ4v) is 2.35. The number of aromatic nitrogens is 5. The van der Waals surface area contributed by atoms with Crippen LogP contribution in [-0.4, -0.2) is 29.5 Å². The molecule has 3 aromatic heterocycles. The second-order valence-corrected chi connectivity index (χ2v) is 4.83. The van der Waals surface area contributed by atoms with Crippen molar-refractivity contribution in [2.24, 2.45) is 7.05 Å². The first kappa shape index (κ1) is 12.8. The zero-order chi connectivity index (χ0) is 14.1. The van der Waals surface area contributed by atoms with Crippen molar-refractivity contribution in [1.29, 1.82) is 0 Å². The molecule has 0 aromatic carbocycles. The van der Waals surface area contributed by atoms with Gasteiger partial charge < -0.3 is 5.11 Å². The van der Waals surface area contributed by atoms with E-state index in [-0.39, 0.29) is 0 Å². The number of nitrogens with zero attached hydrogens (tertiary/aromatic N) is 5. The fourth-order valence-electron chi connectivity index (χ4n) is 2.35. The highest BCUT2D eigenvalue weighted by molar-refractivity contribution is 5.52. The van der Waals surface area contributed by atoms with Gasteiger partial charge in [0.1, 0.15) is 0 Å². The van der Waals surface area contributed by atoms with Gasteiger partial charge in [-0.25, -0.2) is 4.52 Å². The van der Waals surface area contributed by atoms with Crippen LogP contribution in [0.4, 0.5) is 0 Å². The third kappa shape index (κ3) is 2.18. The molecule has 0 aliphatic rings. The summed E-state index contributed by atoms with van der Waals surface area (Å²) in [4.78, 5) is 4.08. The molecule has 3 heterocycles. The van der Waals surface area contributed by atoms with Gasteiger partial charge in [-0.05, 0) is 12.5 Å². The largest absolute Gasteiger partial charge is 0.388 e. The lowest BCUT2D eigenvalue weighted by molar-refractivity contribution is 0.177. The van der Waals surface area contributed by atoms with Gasteiger partial charge in [-0.1, -0.05) is 6.92 Å². The zero-order valence-electron chi connectivity index (χ0n) is 11.6. The molecular weight excluding hydrogens is 254 g/mol. The lowest BCUT2D eigenvalue weighted by atomic mass is 10.1. The zero-order valence-corrected chi connectivity index (χ0v) is 11.6. The van der Waals surface area contributed by atoms with Crippen LogP contribution in [0.3, 0.4) is 0 Å². The van der Waals surface area contributed by atoms with Gasteiger partial charge in [-0.2, -0.15) is 10.2 Å². The summed E-state index contributed by atoms with van der Waals surface area (Å²) in [5.74, 6) is 0. The first-order chi connectivity index (χ1) is 9.69. The van der Waals surface area contributed by atoms with Crippen molar-refractivity contribution in [2.45, 2.75) is 25.9 Å². The molecule has 104 valence electrons. The van der Waals surface area contributed by atoms with E-state index in [0.29, 0.717) is 6.42 Å². The first-order valence-electron chi connectivity index (χ1n) is 6.66. The van der Waals surface area contributed by atoms with Gasteiger partial charge in [-0.15, -0.1) is 0 Å². The van der Waals surface area contributed by atoms with E-state index in [0.717, 1.165) is 28.9 Å². The van der Waals surface area contributed by atoms with Crippen molar-refractivity contribution in [3.8, 4) is 0 Å². The Morgan fingerprint density at radius 3 is 2.95 bits per heavy atom. The Bertz CT molecular complexity index is 730. The fraction of sp³-hybridized carbons (Fsp3) is 0.357. The molecule has 3 aromatic rings. The van der Waals surface area contributed by atoms with Crippen molar-refractivity contribution < 1.29 is 5.11 Å². The SMILES string of the molecule is CCc1cc(CC(O)c2cnn3ccncc23)n(C)n1. The summed E-state index contributed by atoms with van der Waals surface area (Å²) in [7, 11) is 1.90. The molecule has 1 atom stereocenters. The second-order valence-electron chi connectivity index (χ2n) is 4.83. The average Bonchev–Trinajstić information content (AvgIpc) is 3.03. The summed E-state index contributed by atoms with van der Waals surface area (Å²) in [6.07, 6.45) is 7.64. The molecule has 20 heavy (non-hydrogen) atoms. The molecular formula is C14H17N5O. The standard InChI is InChI=1S/C14H17N5O/c1-3-10-6-11(18(2)17-10)7-14(20)12-8-16-19-5-4-15-9-13(12)19/h4-6,8-9,14,20H,3,7H2,1-2H3. The molecule has 0 aliphatic carbocycles. The van der Waals surface area contributed by atoms with Crippen LogP contribution in [0.25, 0.3) is 5.52 Å². The number of aliphatic hydroxyl groups excluding tert-OH is 1. The third-order valence-corrected chi connectivity index (χ3v) is 3.51. The molecule has 0 saturated heterocycles. The molecule has 0 radical (unpaired) electrons. The summed E-state index contributed by atoms with van der Waals surface area (Å²) >= 11 is 0. The molecule has 0 amide bonds. The minimum Gasteiger partial charge on any atom is -0.388 e. The van der Waals surface area contributed by atoms with Crippen LogP contribution in [0.2, 0.25) is 0 Å². The van der Waals surface area contributed by atoms with Gasteiger partial charge in [0.15, 0.2) is 0 Å². The normalized spacial score (nSPS) is 12.9. The van der Waals surface area contributed by atoms with Crippen LogP contribution in [0, 0.1) is 0 Å². The number of aryl methyl sites for hydroxylation is 2. The minimum atomic E-state index is -0.614. The molecule has 0 saturated carbocycles. The molecule has 3 rings (SSSR count). The maximum atomic E-state index is 10.4. The Morgan fingerprint density at radius 1 is 1.35 bits per heavy atom. The second kappa shape index (κ2) is 5.05. The smallest absolute Gasteiger partial charge is 0.0903 e. The summed E-state index contributed by atoms with van der Waals surface area (Å²) < 4.78 is 3.54. The molecule has 1 N–H and O–H groups in total. The van der Waals surface area contributed by atoms with Crippen molar-refractivity contribution in [2.75, 3.05) is 0 Å². The summed E-state index contributed by atoms with van der Waals surface area (Å²) in [6.45, 7) is 2.07. The first-order valence-corrected chi connectivity index (χ1v) is 6.66. The third-order valence-electron chi connectivity index (χ3n) is 3.51. The van der Waals surface area contributed by atoms with Gasteiger partial charge >= 0.3 is 0 Å². The lowest BCUT2D eigenvalue weighted by Gasteiger charge is -2.09. The van der Waals surface area contributed by atoms with E-state index >= 15 is 0 Å². The van der Waals surface area contributed by atoms with Crippen LogP contribution in [-0.2, 0) is 19.9 Å². The van der Waals surface area contributed by atoms with Gasteiger partial charge in [0.2, 0.25) is 0 Å². The highest BCUT2D eigenvalue weighted by Gasteiger charge is 2.16. The Morgan fingerprint density at radius 2 is 2.20 bits per heavy atom. The Hall–Kier alpha value is -2.21. The van der Waals surface area contributed by atoms with Gasteiger partial charge in [0, 0.05) is 37.1 Å². The summed E-state index contributed by atoms with van der Waals surface area (Å²) in [5.41, 5.74) is 3.67. The van der Waals surface area contributed by atoms with E-state index in [1.807, 2.05) is 17.8 Å². The van der Waals surface area contributed by atoms with E-state index < -0.39 is 6.10 Å². The topological polar surface area (TPSA) is 68.2 Å². The number of fused-ring (bicyclic) bond motifs is 1. The molecule has 0 aliphatic heterocycles. The van der Waals surface area contributed by atoms with Crippen molar-refractivity contribution in [3.63, 3.8) is 0 Å². The van der Waals surface area contributed by atoms with Gasteiger partial charge in [0.25, 0.3) is 0 Å². The van der Waals surface area contributed by atoms with Crippen LogP contribution in [0.15, 0.2) is 30.9 Å². The Labute approximate surface area is 116 Å². The van der Waals surface area contributed by atoms with E-state index in [4.69, 9.17) is 0 Å².